The smallest absolute Gasteiger partial charge is 0.290 e. The lowest BCUT2D eigenvalue weighted by Gasteiger charge is -2.19. The number of carbonyl (C=O) groups excluding carboxylic acids is 1. The summed E-state index contributed by atoms with van der Waals surface area (Å²) in [7, 11) is 0. The van der Waals surface area contributed by atoms with Crippen LogP contribution in [0.2, 0.25) is 0 Å². The molecule has 0 spiro atoms. The number of rotatable bonds is 3. The lowest BCUT2D eigenvalue weighted by molar-refractivity contribution is -0.684. The average Bonchev–Trinajstić information content (AvgIpc) is 2.54. The summed E-state index contributed by atoms with van der Waals surface area (Å²) >= 11 is 0. The third-order valence-electron chi connectivity index (χ3n) is 4.70. The zero-order chi connectivity index (χ0) is 17.2. The second kappa shape index (κ2) is 6.76. The maximum atomic E-state index is 12.3. The highest BCUT2D eigenvalue weighted by atomic mass is 16.1. The first-order chi connectivity index (χ1) is 11.4. The van der Waals surface area contributed by atoms with Crippen molar-refractivity contribution in [3.05, 3.63) is 59.4 Å². The van der Waals surface area contributed by atoms with Gasteiger partial charge in [0.05, 0.1) is 0 Å². The average molecular weight is 323 g/mol. The second-order valence-corrected chi connectivity index (χ2v) is 7.75. The Labute approximate surface area is 144 Å². The Bertz CT molecular complexity index is 726. The van der Waals surface area contributed by atoms with E-state index in [-0.39, 0.29) is 11.3 Å². The Kier molecular flexibility index (Phi) is 4.70. The molecule has 1 aliphatic rings. The lowest BCUT2D eigenvalue weighted by Crippen LogP contribution is -2.40. The van der Waals surface area contributed by atoms with E-state index in [1.807, 2.05) is 22.9 Å². The first-order valence-electron chi connectivity index (χ1n) is 8.83. The highest BCUT2D eigenvalue weighted by molar-refractivity contribution is 5.89. The molecule has 2 aromatic rings. The van der Waals surface area contributed by atoms with Gasteiger partial charge in [0.1, 0.15) is 0 Å². The highest BCUT2D eigenvalue weighted by Crippen LogP contribution is 2.23. The summed E-state index contributed by atoms with van der Waals surface area (Å²) in [5.41, 5.74) is 5.08. The molecule has 0 unspecified atom stereocenters. The third kappa shape index (κ3) is 4.02. The normalized spacial score (nSPS) is 14.1. The highest BCUT2D eigenvalue weighted by Gasteiger charge is 2.16. The number of aryl methyl sites for hydroxylation is 2. The summed E-state index contributed by atoms with van der Waals surface area (Å²) in [6.45, 7) is 6.92. The maximum absolute atomic E-state index is 12.3. The van der Waals surface area contributed by atoms with Crippen LogP contribution in [0.4, 0.5) is 5.69 Å². The van der Waals surface area contributed by atoms with Gasteiger partial charge in [0, 0.05) is 17.3 Å². The monoisotopic (exact) mass is 323 g/mol. The standard InChI is InChI=1S/C21H26N2O/c1-21(2,3)18-8-10-19(11-9-18)22-20(24)15-23-13-12-16-6-4-5-7-17(16)14-23/h8-14H,4-7,15H2,1-3H3/p+1. The second-order valence-electron chi connectivity index (χ2n) is 7.75. The summed E-state index contributed by atoms with van der Waals surface area (Å²) in [5.74, 6) is 0.0132. The molecule has 1 aromatic heterocycles. The van der Waals surface area contributed by atoms with Gasteiger partial charge in [-0.05, 0) is 54.4 Å². The van der Waals surface area contributed by atoms with Crippen molar-refractivity contribution in [3.63, 3.8) is 0 Å². The fourth-order valence-corrected chi connectivity index (χ4v) is 3.24. The molecule has 24 heavy (non-hydrogen) atoms. The first kappa shape index (κ1) is 16.7. The predicted molar refractivity (Wildman–Crippen MR) is 97.1 cm³/mol. The number of anilines is 1. The van der Waals surface area contributed by atoms with E-state index in [1.165, 1.54) is 36.0 Å². The molecule has 1 amide bonds. The number of pyridine rings is 1. The van der Waals surface area contributed by atoms with E-state index in [2.05, 4.69) is 50.5 Å². The Morgan fingerprint density at radius 1 is 1.04 bits per heavy atom. The van der Waals surface area contributed by atoms with Gasteiger partial charge in [-0.1, -0.05) is 32.9 Å². The molecule has 3 rings (SSSR count). The van der Waals surface area contributed by atoms with Gasteiger partial charge in [0.25, 0.3) is 5.91 Å². The number of aromatic nitrogens is 1. The van der Waals surface area contributed by atoms with Crippen LogP contribution in [-0.4, -0.2) is 5.91 Å². The van der Waals surface area contributed by atoms with Gasteiger partial charge in [0.2, 0.25) is 6.54 Å². The van der Waals surface area contributed by atoms with Gasteiger partial charge in [0.15, 0.2) is 12.4 Å². The molecular formula is C21H27N2O+. The van der Waals surface area contributed by atoms with Crippen LogP contribution in [0, 0.1) is 0 Å². The number of hydrogen-bond acceptors (Lipinski definition) is 1. The van der Waals surface area contributed by atoms with Crippen LogP contribution >= 0.6 is 0 Å². The molecule has 0 bridgehead atoms. The largest absolute Gasteiger partial charge is 0.321 e. The van der Waals surface area contributed by atoms with Gasteiger partial charge in [-0.25, -0.2) is 0 Å². The number of fused-ring (bicyclic) bond motifs is 1. The molecule has 1 aromatic carbocycles. The van der Waals surface area contributed by atoms with Crippen LogP contribution in [0.3, 0.4) is 0 Å². The van der Waals surface area contributed by atoms with Crippen molar-refractivity contribution in [2.45, 2.75) is 58.4 Å². The predicted octanol–water partition coefficient (Wildman–Crippen LogP) is 3.79. The molecule has 126 valence electrons. The number of benzene rings is 1. The van der Waals surface area contributed by atoms with Gasteiger partial charge in [-0.2, -0.15) is 4.57 Å². The minimum atomic E-state index is 0.0132. The van der Waals surface area contributed by atoms with Crippen molar-refractivity contribution in [1.82, 2.24) is 0 Å². The molecule has 1 N–H and O–H groups in total. The first-order valence-corrected chi connectivity index (χ1v) is 8.83. The van der Waals surface area contributed by atoms with Gasteiger partial charge in [-0.15, -0.1) is 0 Å². The van der Waals surface area contributed by atoms with E-state index < -0.39 is 0 Å². The van der Waals surface area contributed by atoms with Gasteiger partial charge >= 0.3 is 0 Å². The minimum absolute atomic E-state index is 0.0132. The van der Waals surface area contributed by atoms with E-state index in [0.29, 0.717) is 6.54 Å². The Hall–Kier alpha value is -2.16. The van der Waals surface area contributed by atoms with Crippen LogP contribution in [0.15, 0.2) is 42.7 Å². The van der Waals surface area contributed by atoms with E-state index in [0.717, 1.165) is 12.1 Å². The third-order valence-corrected chi connectivity index (χ3v) is 4.70. The summed E-state index contributed by atoms with van der Waals surface area (Å²) in [5, 5.41) is 2.99. The maximum Gasteiger partial charge on any atom is 0.290 e. The molecular weight excluding hydrogens is 296 g/mol. The molecule has 0 radical (unpaired) electrons. The number of nitrogens with one attached hydrogen (secondary N) is 1. The molecule has 3 nitrogen and oxygen atoms in total. The Balaban J connectivity index is 1.63. The van der Waals surface area contributed by atoms with Crippen LogP contribution in [-0.2, 0) is 29.6 Å². The molecule has 1 aliphatic carbocycles. The molecule has 0 saturated carbocycles. The molecule has 1 heterocycles. The molecule has 3 heteroatoms. The van der Waals surface area contributed by atoms with Gasteiger partial charge < -0.3 is 5.32 Å². The van der Waals surface area contributed by atoms with Crippen LogP contribution in [0.1, 0.15) is 50.3 Å². The van der Waals surface area contributed by atoms with Gasteiger partial charge in [-0.3, -0.25) is 4.79 Å². The zero-order valence-corrected chi connectivity index (χ0v) is 14.9. The molecule has 0 saturated heterocycles. The van der Waals surface area contributed by atoms with Crippen molar-refractivity contribution in [1.29, 1.82) is 0 Å². The SMILES string of the molecule is CC(C)(C)c1ccc(NC(=O)C[n+]2ccc3c(c2)CCCC3)cc1. The van der Waals surface area contributed by atoms with Crippen LogP contribution in [0.5, 0.6) is 0 Å². The molecule has 0 aliphatic heterocycles. The van der Waals surface area contributed by atoms with E-state index in [1.54, 1.807) is 0 Å². The van der Waals surface area contributed by atoms with Crippen molar-refractivity contribution in [2.75, 3.05) is 5.32 Å². The molecule has 0 atom stereocenters. The van der Waals surface area contributed by atoms with E-state index >= 15 is 0 Å². The summed E-state index contributed by atoms with van der Waals surface area (Å²) in [6, 6.07) is 10.3. The van der Waals surface area contributed by atoms with Crippen molar-refractivity contribution >= 4 is 11.6 Å². The fraction of sp³-hybridized carbons (Fsp3) is 0.429. The number of amides is 1. The molecule has 0 fully saturated rings. The number of nitrogens with zero attached hydrogens (tertiary/aromatic N) is 1. The fourth-order valence-electron chi connectivity index (χ4n) is 3.24. The Morgan fingerprint density at radius 3 is 2.38 bits per heavy atom. The quantitative estimate of drug-likeness (QED) is 0.857. The minimum Gasteiger partial charge on any atom is -0.321 e. The summed E-state index contributed by atoms with van der Waals surface area (Å²) < 4.78 is 1.99. The lowest BCUT2D eigenvalue weighted by atomic mass is 9.87. The van der Waals surface area contributed by atoms with Crippen molar-refractivity contribution in [2.24, 2.45) is 0 Å². The van der Waals surface area contributed by atoms with E-state index in [4.69, 9.17) is 0 Å². The Morgan fingerprint density at radius 2 is 1.71 bits per heavy atom. The topological polar surface area (TPSA) is 33.0 Å². The van der Waals surface area contributed by atoms with Crippen LogP contribution in [0.25, 0.3) is 0 Å². The summed E-state index contributed by atoms with van der Waals surface area (Å²) in [6.07, 6.45) is 8.99. The van der Waals surface area contributed by atoms with E-state index in [9.17, 15) is 4.79 Å². The van der Waals surface area contributed by atoms with Crippen molar-refractivity contribution in [3.8, 4) is 0 Å². The van der Waals surface area contributed by atoms with Crippen LogP contribution < -0.4 is 9.88 Å². The number of carbonyl (C=O) groups is 1. The zero-order valence-electron chi connectivity index (χ0n) is 14.9. The summed E-state index contributed by atoms with van der Waals surface area (Å²) in [4.78, 5) is 12.3. The van der Waals surface area contributed by atoms with Crippen molar-refractivity contribution < 1.29 is 9.36 Å². The number of hydrogen-bond donors (Lipinski definition) is 1.